The third-order valence-corrected chi connectivity index (χ3v) is 3.63. The van der Waals surface area contributed by atoms with E-state index in [1.165, 1.54) is 0 Å². The number of aliphatic hydroxyl groups excluding tert-OH is 1. The Morgan fingerprint density at radius 3 is 2.89 bits per heavy atom. The highest BCUT2D eigenvalue weighted by molar-refractivity contribution is 5.76. The molecule has 1 aliphatic carbocycles. The summed E-state index contributed by atoms with van der Waals surface area (Å²) in [5, 5.41) is 12.2. The number of amides is 1. The molecule has 0 aliphatic heterocycles. The van der Waals surface area contributed by atoms with Crippen molar-refractivity contribution in [3.8, 4) is 0 Å². The number of nitrogens with zero attached hydrogens (tertiary/aromatic N) is 1. The molecule has 2 unspecified atom stereocenters. The standard InChI is InChI=1S/C14H20N2O2/c17-10-12-2-1-3-13(12)16-14(18)5-4-11-6-8-15-9-7-11/h6-9,12-13,17H,1-5,10H2,(H,16,18). The summed E-state index contributed by atoms with van der Waals surface area (Å²) in [6.07, 6.45) is 7.83. The Kier molecular flexibility index (Phi) is 4.70. The summed E-state index contributed by atoms with van der Waals surface area (Å²) in [4.78, 5) is 15.8. The van der Waals surface area contributed by atoms with Crippen molar-refractivity contribution in [1.29, 1.82) is 0 Å². The fourth-order valence-electron chi connectivity index (χ4n) is 2.53. The minimum absolute atomic E-state index is 0.0807. The van der Waals surface area contributed by atoms with Gasteiger partial charge in [-0.15, -0.1) is 0 Å². The smallest absolute Gasteiger partial charge is 0.220 e. The summed E-state index contributed by atoms with van der Waals surface area (Å²) in [5.74, 6) is 0.326. The molecule has 0 saturated heterocycles. The third-order valence-electron chi connectivity index (χ3n) is 3.63. The average molecular weight is 248 g/mol. The fourth-order valence-corrected chi connectivity index (χ4v) is 2.53. The monoisotopic (exact) mass is 248 g/mol. The molecule has 1 aromatic heterocycles. The van der Waals surface area contributed by atoms with Gasteiger partial charge in [-0.2, -0.15) is 0 Å². The molecule has 4 nitrogen and oxygen atoms in total. The zero-order valence-electron chi connectivity index (χ0n) is 10.5. The molecule has 1 aliphatic rings. The quantitative estimate of drug-likeness (QED) is 0.825. The number of aryl methyl sites for hydroxylation is 1. The Morgan fingerprint density at radius 1 is 1.39 bits per heavy atom. The van der Waals surface area contributed by atoms with Crippen molar-refractivity contribution in [2.75, 3.05) is 6.61 Å². The Hall–Kier alpha value is -1.42. The zero-order chi connectivity index (χ0) is 12.8. The number of aliphatic hydroxyl groups is 1. The van der Waals surface area contributed by atoms with E-state index in [9.17, 15) is 9.90 Å². The molecular weight excluding hydrogens is 228 g/mol. The van der Waals surface area contributed by atoms with Crippen LogP contribution < -0.4 is 5.32 Å². The van der Waals surface area contributed by atoms with Crippen LogP contribution in [0.25, 0.3) is 0 Å². The molecular formula is C14H20N2O2. The first-order valence-corrected chi connectivity index (χ1v) is 6.58. The Morgan fingerprint density at radius 2 is 2.17 bits per heavy atom. The van der Waals surface area contributed by atoms with Gasteiger partial charge in [-0.3, -0.25) is 9.78 Å². The van der Waals surface area contributed by atoms with E-state index in [2.05, 4.69) is 10.3 Å². The van der Waals surface area contributed by atoms with Crippen LogP contribution in [0.5, 0.6) is 0 Å². The van der Waals surface area contributed by atoms with E-state index in [0.717, 1.165) is 31.2 Å². The number of hydrogen-bond acceptors (Lipinski definition) is 3. The molecule has 1 fully saturated rings. The molecule has 0 radical (unpaired) electrons. The predicted octanol–water partition coefficient (Wildman–Crippen LogP) is 1.29. The number of pyridine rings is 1. The maximum Gasteiger partial charge on any atom is 0.220 e. The molecule has 0 bridgehead atoms. The second-order valence-electron chi connectivity index (χ2n) is 4.90. The van der Waals surface area contributed by atoms with Gasteiger partial charge in [0.1, 0.15) is 0 Å². The molecule has 2 rings (SSSR count). The van der Waals surface area contributed by atoms with Gasteiger partial charge >= 0.3 is 0 Å². The molecule has 1 saturated carbocycles. The van der Waals surface area contributed by atoms with Crippen molar-refractivity contribution in [3.05, 3.63) is 30.1 Å². The number of aromatic nitrogens is 1. The van der Waals surface area contributed by atoms with Gasteiger partial charge < -0.3 is 10.4 Å². The number of carbonyl (C=O) groups excluding carboxylic acids is 1. The van der Waals surface area contributed by atoms with E-state index < -0.39 is 0 Å². The Labute approximate surface area is 107 Å². The second-order valence-corrected chi connectivity index (χ2v) is 4.90. The number of hydrogen-bond donors (Lipinski definition) is 2. The van der Waals surface area contributed by atoms with Crippen LogP contribution in [0.3, 0.4) is 0 Å². The van der Waals surface area contributed by atoms with Crippen molar-refractivity contribution in [2.45, 2.75) is 38.1 Å². The van der Waals surface area contributed by atoms with Crippen molar-refractivity contribution in [3.63, 3.8) is 0 Å². The lowest BCUT2D eigenvalue weighted by molar-refractivity contribution is -0.122. The highest BCUT2D eigenvalue weighted by atomic mass is 16.3. The largest absolute Gasteiger partial charge is 0.396 e. The normalized spacial score (nSPS) is 22.9. The molecule has 2 N–H and O–H groups in total. The van der Waals surface area contributed by atoms with Gasteiger partial charge in [-0.25, -0.2) is 0 Å². The van der Waals surface area contributed by atoms with Crippen LogP contribution in [0.2, 0.25) is 0 Å². The van der Waals surface area contributed by atoms with E-state index >= 15 is 0 Å². The van der Waals surface area contributed by atoms with E-state index in [1.807, 2.05) is 12.1 Å². The maximum absolute atomic E-state index is 11.8. The summed E-state index contributed by atoms with van der Waals surface area (Å²) >= 11 is 0. The van der Waals surface area contributed by atoms with Gasteiger partial charge in [0.05, 0.1) is 0 Å². The molecule has 0 spiro atoms. The minimum Gasteiger partial charge on any atom is -0.396 e. The van der Waals surface area contributed by atoms with Gasteiger partial charge in [0.25, 0.3) is 0 Å². The highest BCUT2D eigenvalue weighted by Gasteiger charge is 2.27. The Bertz CT molecular complexity index is 381. The predicted molar refractivity (Wildman–Crippen MR) is 68.9 cm³/mol. The van der Waals surface area contributed by atoms with Crippen LogP contribution in [0, 0.1) is 5.92 Å². The zero-order valence-corrected chi connectivity index (χ0v) is 10.5. The highest BCUT2D eigenvalue weighted by Crippen LogP contribution is 2.25. The van der Waals surface area contributed by atoms with Crippen LogP contribution in [0.15, 0.2) is 24.5 Å². The van der Waals surface area contributed by atoms with E-state index in [0.29, 0.717) is 6.42 Å². The SMILES string of the molecule is O=C(CCc1ccncc1)NC1CCCC1CO. The van der Waals surface area contributed by atoms with Crippen molar-refractivity contribution >= 4 is 5.91 Å². The lowest BCUT2D eigenvalue weighted by Gasteiger charge is -2.18. The van der Waals surface area contributed by atoms with Crippen LogP contribution in [-0.2, 0) is 11.2 Å². The first-order chi connectivity index (χ1) is 8.79. The lowest BCUT2D eigenvalue weighted by atomic mass is 10.0. The van der Waals surface area contributed by atoms with Gasteiger partial charge in [-0.1, -0.05) is 6.42 Å². The third kappa shape index (κ3) is 3.53. The molecule has 1 heterocycles. The Balaban J connectivity index is 1.75. The summed E-state index contributed by atoms with van der Waals surface area (Å²) in [6, 6.07) is 4.03. The van der Waals surface area contributed by atoms with Gasteiger partial charge in [0.2, 0.25) is 5.91 Å². The van der Waals surface area contributed by atoms with Crippen LogP contribution in [0.4, 0.5) is 0 Å². The van der Waals surface area contributed by atoms with E-state index in [1.54, 1.807) is 12.4 Å². The van der Waals surface area contributed by atoms with Crippen LogP contribution >= 0.6 is 0 Å². The molecule has 1 amide bonds. The number of carbonyl (C=O) groups is 1. The molecule has 2 atom stereocenters. The van der Waals surface area contributed by atoms with Crippen LogP contribution in [-0.4, -0.2) is 28.6 Å². The molecule has 0 aromatic carbocycles. The van der Waals surface area contributed by atoms with Gasteiger partial charge in [0, 0.05) is 37.4 Å². The summed E-state index contributed by atoms with van der Waals surface area (Å²) < 4.78 is 0. The van der Waals surface area contributed by atoms with E-state index in [-0.39, 0.29) is 24.5 Å². The molecule has 1 aromatic rings. The maximum atomic E-state index is 11.8. The first kappa shape index (κ1) is 13.0. The first-order valence-electron chi connectivity index (χ1n) is 6.58. The number of nitrogens with one attached hydrogen (secondary N) is 1. The van der Waals surface area contributed by atoms with E-state index in [4.69, 9.17) is 0 Å². The summed E-state index contributed by atoms with van der Waals surface area (Å²) in [5.41, 5.74) is 1.13. The van der Waals surface area contributed by atoms with Crippen LogP contribution in [0.1, 0.15) is 31.2 Å². The molecule has 98 valence electrons. The topological polar surface area (TPSA) is 62.2 Å². The van der Waals surface area contributed by atoms with Crippen molar-refractivity contribution in [2.24, 2.45) is 5.92 Å². The fraction of sp³-hybridized carbons (Fsp3) is 0.571. The molecule has 4 heteroatoms. The molecule has 18 heavy (non-hydrogen) atoms. The average Bonchev–Trinajstić information content (AvgIpc) is 2.85. The minimum atomic E-state index is 0.0807. The lowest BCUT2D eigenvalue weighted by Crippen LogP contribution is -2.38. The summed E-state index contributed by atoms with van der Waals surface area (Å²) in [6.45, 7) is 0.176. The van der Waals surface area contributed by atoms with Gasteiger partial charge in [-0.05, 0) is 37.0 Å². The van der Waals surface area contributed by atoms with Gasteiger partial charge in [0.15, 0.2) is 0 Å². The number of rotatable bonds is 5. The van der Waals surface area contributed by atoms with Crippen molar-refractivity contribution in [1.82, 2.24) is 10.3 Å². The second kappa shape index (κ2) is 6.50. The summed E-state index contributed by atoms with van der Waals surface area (Å²) in [7, 11) is 0. The van der Waals surface area contributed by atoms with Crippen molar-refractivity contribution < 1.29 is 9.90 Å².